The summed E-state index contributed by atoms with van der Waals surface area (Å²) in [6.07, 6.45) is 3.88. The van der Waals surface area contributed by atoms with E-state index in [2.05, 4.69) is 0 Å². The molecule has 0 bridgehead atoms. The first kappa shape index (κ1) is 9.99. The smallest absolute Gasteiger partial charge is 0.111 e. The monoisotopic (exact) mass is 155 g/mol. The zero-order valence-corrected chi connectivity index (χ0v) is 6.75. The lowest BCUT2D eigenvalue weighted by molar-refractivity contribution is 0.0882. The largest absolute Gasteiger partial charge is 0.499 e. The second-order valence-corrected chi connectivity index (χ2v) is 1.86. The number of nitriles is 1. The van der Waals surface area contributed by atoms with Gasteiger partial charge in [-0.05, 0) is 6.92 Å². The van der Waals surface area contributed by atoms with E-state index in [1.807, 2.05) is 19.1 Å². The molecule has 62 valence electrons. The van der Waals surface area contributed by atoms with Crippen LogP contribution in [0.5, 0.6) is 0 Å². The molecule has 0 spiro atoms. The Kier molecular flexibility index (Phi) is 8.16. The lowest BCUT2D eigenvalue weighted by Gasteiger charge is -2.00. The van der Waals surface area contributed by atoms with Crippen LogP contribution in [0.15, 0.2) is 12.3 Å². The Morgan fingerprint density at radius 3 is 2.82 bits per heavy atom. The predicted octanol–water partition coefficient (Wildman–Crippen LogP) is 1.47. The summed E-state index contributed by atoms with van der Waals surface area (Å²) < 4.78 is 10.0. The van der Waals surface area contributed by atoms with Crippen molar-refractivity contribution >= 4 is 0 Å². The summed E-state index contributed by atoms with van der Waals surface area (Å²) in [6, 6.07) is 1.99. The third-order valence-electron chi connectivity index (χ3n) is 0.936. The van der Waals surface area contributed by atoms with Crippen LogP contribution in [-0.2, 0) is 9.47 Å². The summed E-state index contributed by atoms with van der Waals surface area (Å²) in [7, 11) is 0. The zero-order valence-electron chi connectivity index (χ0n) is 6.75. The van der Waals surface area contributed by atoms with Crippen LogP contribution >= 0.6 is 0 Å². The van der Waals surface area contributed by atoms with Gasteiger partial charge in [0.2, 0.25) is 0 Å². The molecular weight excluding hydrogens is 142 g/mol. The van der Waals surface area contributed by atoms with E-state index in [9.17, 15) is 0 Å². The van der Waals surface area contributed by atoms with Gasteiger partial charge in [-0.25, -0.2) is 0 Å². The maximum atomic E-state index is 8.13. The van der Waals surface area contributed by atoms with Crippen LogP contribution in [0.1, 0.15) is 13.3 Å². The molecule has 0 unspecified atom stereocenters. The molecule has 11 heavy (non-hydrogen) atoms. The van der Waals surface area contributed by atoms with E-state index in [4.69, 9.17) is 14.7 Å². The summed E-state index contributed by atoms with van der Waals surface area (Å²) in [5, 5.41) is 8.13. The molecule has 0 fully saturated rings. The first-order valence-corrected chi connectivity index (χ1v) is 3.59. The first-order chi connectivity index (χ1) is 5.41. The number of hydrogen-bond donors (Lipinski definition) is 0. The van der Waals surface area contributed by atoms with E-state index < -0.39 is 0 Å². The van der Waals surface area contributed by atoms with Crippen molar-refractivity contribution in [2.24, 2.45) is 0 Å². The average Bonchev–Trinajstić information content (AvgIpc) is 2.03. The van der Waals surface area contributed by atoms with Crippen LogP contribution in [-0.4, -0.2) is 19.8 Å². The Hall–Kier alpha value is -1.01. The summed E-state index contributed by atoms with van der Waals surface area (Å²) in [5.74, 6) is 0. The molecule has 0 aromatic heterocycles. The normalized spacial score (nSPS) is 9.82. The fraction of sp³-hybridized carbons (Fsp3) is 0.625. The summed E-state index contributed by atoms with van der Waals surface area (Å²) in [6.45, 7) is 3.48. The maximum Gasteiger partial charge on any atom is 0.111 e. The lowest BCUT2D eigenvalue weighted by Crippen LogP contribution is -2.01. The highest BCUT2D eigenvalue weighted by Crippen LogP contribution is 1.82. The quantitative estimate of drug-likeness (QED) is 0.431. The number of nitrogens with zero attached hydrogens (tertiary/aromatic N) is 1. The standard InChI is InChI=1S/C8H13NO2/c1-2-5-10-7-8-11-6-3-4-9/h2,5H,3,6-8H2,1H3. The topological polar surface area (TPSA) is 42.2 Å². The van der Waals surface area contributed by atoms with Crippen molar-refractivity contribution in [3.05, 3.63) is 12.3 Å². The van der Waals surface area contributed by atoms with Crippen molar-refractivity contribution < 1.29 is 9.47 Å². The molecular formula is C8H13NO2. The van der Waals surface area contributed by atoms with E-state index in [1.54, 1.807) is 6.26 Å². The Morgan fingerprint density at radius 1 is 1.36 bits per heavy atom. The molecule has 0 aliphatic heterocycles. The van der Waals surface area contributed by atoms with Gasteiger partial charge in [0, 0.05) is 0 Å². The van der Waals surface area contributed by atoms with Crippen molar-refractivity contribution in [2.45, 2.75) is 13.3 Å². The third-order valence-corrected chi connectivity index (χ3v) is 0.936. The Balaban J connectivity index is 2.86. The first-order valence-electron chi connectivity index (χ1n) is 3.59. The fourth-order valence-corrected chi connectivity index (χ4v) is 0.491. The van der Waals surface area contributed by atoms with Crippen LogP contribution in [0, 0.1) is 11.3 Å². The number of allylic oxidation sites excluding steroid dienone is 1. The minimum atomic E-state index is 0.448. The Labute approximate surface area is 67.2 Å². The molecule has 0 radical (unpaired) electrons. The van der Waals surface area contributed by atoms with E-state index in [0.29, 0.717) is 26.2 Å². The number of rotatable bonds is 6. The van der Waals surface area contributed by atoms with Crippen molar-refractivity contribution in [1.82, 2.24) is 0 Å². The van der Waals surface area contributed by atoms with Crippen LogP contribution in [0.4, 0.5) is 0 Å². The third kappa shape index (κ3) is 8.99. The Morgan fingerprint density at radius 2 is 2.18 bits per heavy atom. The molecule has 0 aliphatic rings. The van der Waals surface area contributed by atoms with Gasteiger partial charge in [-0.15, -0.1) is 0 Å². The van der Waals surface area contributed by atoms with Crippen molar-refractivity contribution in [3.8, 4) is 6.07 Å². The predicted molar refractivity (Wildman–Crippen MR) is 41.8 cm³/mol. The van der Waals surface area contributed by atoms with Crippen molar-refractivity contribution in [3.63, 3.8) is 0 Å². The molecule has 0 heterocycles. The zero-order chi connectivity index (χ0) is 8.36. The second kappa shape index (κ2) is 8.99. The molecule has 3 heteroatoms. The van der Waals surface area contributed by atoms with Crippen LogP contribution in [0.3, 0.4) is 0 Å². The molecule has 0 N–H and O–H groups in total. The minimum Gasteiger partial charge on any atom is -0.499 e. The van der Waals surface area contributed by atoms with E-state index in [-0.39, 0.29) is 0 Å². The molecule has 0 amide bonds. The molecule has 0 atom stereocenters. The van der Waals surface area contributed by atoms with Gasteiger partial charge in [0.25, 0.3) is 0 Å². The highest BCUT2D eigenvalue weighted by molar-refractivity contribution is 4.67. The van der Waals surface area contributed by atoms with Gasteiger partial charge in [-0.3, -0.25) is 0 Å². The van der Waals surface area contributed by atoms with Gasteiger partial charge in [-0.1, -0.05) is 6.08 Å². The van der Waals surface area contributed by atoms with E-state index >= 15 is 0 Å². The minimum absolute atomic E-state index is 0.448. The van der Waals surface area contributed by atoms with E-state index in [1.165, 1.54) is 0 Å². The van der Waals surface area contributed by atoms with Crippen molar-refractivity contribution in [1.29, 1.82) is 5.26 Å². The SMILES string of the molecule is CC=COCCOCCC#N. The molecule has 0 rings (SSSR count). The maximum absolute atomic E-state index is 8.13. The highest BCUT2D eigenvalue weighted by atomic mass is 16.5. The van der Waals surface area contributed by atoms with Crippen LogP contribution in [0.2, 0.25) is 0 Å². The molecule has 0 saturated heterocycles. The van der Waals surface area contributed by atoms with Gasteiger partial charge < -0.3 is 9.47 Å². The highest BCUT2D eigenvalue weighted by Gasteiger charge is 1.85. The van der Waals surface area contributed by atoms with E-state index in [0.717, 1.165) is 0 Å². The summed E-state index contributed by atoms with van der Waals surface area (Å²) in [5.41, 5.74) is 0. The Bertz CT molecular complexity index is 138. The molecule has 0 aromatic rings. The number of ether oxygens (including phenoxy) is 2. The van der Waals surface area contributed by atoms with Crippen LogP contribution < -0.4 is 0 Å². The van der Waals surface area contributed by atoms with Gasteiger partial charge in [-0.2, -0.15) is 5.26 Å². The molecule has 0 saturated carbocycles. The summed E-state index contributed by atoms with van der Waals surface area (Å²) in [4.78, 5) is 0. The van der Waals surface area contributed by atoms with Crippen LogP contribution in [0.25, 0.3) is 0 Å². The molecule has 0 aromatic carbocycles. The number of hydrogen-bond acceptors (Lipinski definition) is 3. The van der Waals surface area contributed by atoms with Gasteiger partial charge in [0.05, 0.1) is 32.0 Å². The average molecular weight is 155 g/mol. The molecule has 3 nitrogen and oxygen atoms in total. The van der Waals surface area contributed by atoms with Gasteiger partial charge in [0.15, 0.2) is 0 Å². The lowest BCUT2D eigenvalue weighted by atomic mass is 10.5. The second-order valence-electron chi connectivity index (χ2n) is 1.86. The molecule has 0 aliphatic carbocycles. The fourth-order valence-electron chi connectivity index (χ4n) is 0.491. The summed E-state index contributed by atoms with van der Waals surface area (Å²) >= 11 is 0. The van der Waals surface area contributed by atoms with Crippen molar-refractivity contribution in [2.75, 3.05) is 19.8 Å². The van der Waals surface area contributed by atoms with Gasteiger partial charge in [0.1, 0.15) is 6.61 Å². The van der Waals surface area contributed by atoms with Gasteiger partial charge >= 0.3 is 0 Å².